The van der Waals surface area contributed by atoms with Gasteiger partial charge in [-0.15, -0.1) is 0 Å². The molecule has 2 saturated heterocycles. The Hall–Kier alpha value is -1.99. The summed E-state index contributed by atoms with van der Waals surface area (Å²) in [5.41, 5.74) is -0.0736. The largest absolute Gasteiger partial charge is 0.495 e. The van der Waals surface area contributed by atoms with Crippen molar-refractivity contribution in [2.24, 2.45) is 5.41 Å². The SMILES string of the molecule is CCOC(=O)C1(CC2CCCCO2)CCN(C(=O)Nc2cc(Cl)ccc2OC)CC1. The quantitative estimate of drug-likeness (QED) is 0.662. The Bertz CT molecular complexity index is 743. The molecular weight excluding hydrogens is 408 g/mol. The van der Waals surface area contributed by atoms with Gasteiger partial charge >= 0.3 is 12.0 Å². The molecule has 0 aliphatic carbocycles. The number of nitrogens with one attached hydrogen (secondary N) is 1. The molecule has 166 valence electrons. The van der Waals surface area contributed by atoms with Crippen molar-refractivity contribution in [3.05, 3.63) is 23.2 Å². The van der Waals surface area contributed by atoms with E-state index in [1.807, 2.05) is 6.92 Å². The lowest BCUT2D eigenvalue weighted by atomic mass is 9.73. The van der Waals surface area contributed by atoms with Crippen LogP contribution in [-0.4, -0.2) is 56.4 Å². The van der Waals surface area contributed by atoms with E-state index in [4.69, 9.17) is 25.8 Å². The van der Waals surface area contributed by atoms with Gasteiger partial charge in [0.15, 0.2) is 0 Å². The smallest absolute Gasteiger partial charge is 0.321 e. The van der Waals surface area contributed by atoms with E-state index in [1.54, 1.807) is 30.2 Å². The zero-order valence-corrected chi connectivity index (χ0v) is 18.5. The molecule has 30 heavy (non-hydrogen) atoms. The molecule has 1 N–H and O–H groups in total. The van der Waals surface area contributed by atoms with Gasteiger partial charge in [-0.2, -0.15) is 0 Å². The number of ether oxygens (including phenoxy) is 3. The Morgan fingerprint density at radius 1 is 1.30 bits per heavy atom. The van der Waals surface area contributed by atoms with Crippen LogP contribution < -0.4 is 10.1 Å². The number of methoxy groups -OCH3 is 1. The van der Waals surface area contributed by atoms with Crippen LogP contribution in [0.25, 0.3) is 0 Å². The summed E-state index contributed by atoms with van der Waals surface area (Å²) in [6.45, 7) is 3.87. The molecule has 0 bridgehead atoms. The Kier molecular flexibility index (Phi) is 7.83. The molecule has 1 atom stereocenters. The van der Waals surface area contributed by atoms with Gasteiger partial charge in [0.25, 0.3) is 0 Å². The van der Waals surface area contributed by atoms with Crippen LogP contribution >= 0.6 is 11.6 Å². The summed E-state index contributed by atoms with van der Waals surface area (Å²) in [5, 5.41) is 3.38. The number of nitrogens with zero attached hydrogens (tertiary/aromatic N) is 1. The zero-order valence-electron chi connectivity index (χ0n) is 17.7. The van der Waals surface area contributed by atoms with Gasteiger partial charge in [-0.1, -0.05) is 11.6 Å². The molecule has 8 heteroatoms. The van der Waals surface area contributed by atoms with E-state index in [0.717, 1.165) is 25.9 Å². The van der Waals surface area contributed by atoms with Crippen molar-refractivity contribution in [3.8, 4) is 5.75 Å². The predicted molar refractivity (Wildman–Crippen MR) is 115 cm³/mol. The van der Waals surface area contributed by atoms with Crippen LogP contribution in [0.2, 0.25) is 5.02 Å². The van der Waals surface area contributed by atoms with E-state index in [-0.39, 0.29) is 18.1 Å². The maximum atomic E-state index is 12.9. The summed E-state index contributed by atoms with van der Waals surface area (Å²) in [4.78, 5) is 27.4. The summed E-state index contributed by atoms with van der Waals surface area (Å²) < 4.78 is 16.6. The fraction of sp³-hybridized carbons (Fsp3) is 0.636. The number of carbonyl (C=O) groups excluding carboxylic acids is 2. The lowest BCUT2D eigenvalue weighted by Crippen LogP contribution is -2.49. The van der Waals surface area contributed by atoms with Crippen molar-refractivity contribution in [2.75, 3.05) is 38.7 Å². The Labute approximate surface area is 183 Å². The van der Waals surface area contributed by atoms with Gasteiger partial charge in [-0.3, -0.25) is 4.79 Å². The molecule has 0 spiro atoms. The molecule has 3 rings (SSSR count). The Morgan fingerprint density at radius 3 is 2.70 bits per heavy atom. The van der Waals surface area contributed by atoms with Gasteiger partial charge in [0.1, 0.15) is 5.75 Å². The molecule has 2 aliphatic heterocycles. The first-order valence-corrected chi connectivity index (χ1v) is 11.0. The molecule has 0 saturated carbocycles. The van der Waals surface area contributed by atoms with Crippen LogP contribution in [0.15, 0.2) is 18.2 Å². The third-order valence-electron chi connectivity index (χ3n) is 6.01. The van der Waals surface area contributed by atoms with Crippen LogP contribution in [0.3, 0.4) is 0 Å². The van der Waals surface area contributed by atoms with Crippen molar-refractivity contribution in [2.45, 2.75) is 51.6 Å². The Morgan fingerprint density at radius 2 is 2.07 bits per heavy atom. The molecule has 2 amide bonds. The number of urea groups is 1. The van der Waals surface area contributed by atoms with Crippen LogP contribution in [0.4, 0.5) is 10.5 Å². The number of likely N-dealkylation sites (tertiary alicyclic amines) is 1. The fourth-order valence-corrected chi connectivity index (χ4v) is 4.46. The number of carbonyl (C=O) groups is 2. The first-order chi connectivity index (χ1) is 14.5. The molecule has 1 aromatic rings. The molecule has 1 aromatic carbocycles. The van der Waals surface area contributed by atoms with Crippen LogP contribution in [0.5, 0.6) is 5.75 Å². The number of anilines is 1. The topological polar surface area (TPSA) is 77.1 Å². The van der Waals surface area contributed by atoms with E-state index in [2.05, 4.69) is 5.32 Å². The molecule has 2 heterocycles. The van der Waals surface area contributed by atoms with E-state index < -0.39 is 5.41 Å². The number of piperidine rings is 1. The van der Waals surface area contributed by atoms with Crippen LogP contribution in [0, 0.1) is 5.41 Å². The second kappa shape index (κ2) is 10.4. The third-order valence-corrected chi connectivity index (χ3v) is 6.25. The maximum absolute atomic E-state index is 12.9. The summed E-state index contributed by atoms with van der Waals surface area (Å²) in [6, 6.07) is 4.84. The van der Waals surface area contributed by atoms with E-state index >= 15 is 0 Å². The molecular formula is C22H31ClN2O5. The monoisotopic (exact) mass is 438 g/mol. The first kappa shape index (κ1) is 22.7. The second-order valence-electron chi connectivity index (χ2n) is 7.96. The second-order valence-corrected chi connectivity index (χ2v) is 8.39. The lowest BCUT2D eigenvalue weighted by molar-refractivity contribution is -0.162. The highest BCUT2D eigenvalue weighted by atomic mass is 35.5. The van der Waals surface area contributed by atoms with E-state index in [0.29, 0.717) is 55.4 Å². The van der Waals surface area contributed by atoms with Gasteiger partial charge in [0.05, 0.1) is 30.9 Å². The van der Waals surface area contributed by atoms with Gasteiger partial charge < -0.3 is 24.4 Å². The van der Waals surface area contributed by atoms with Crippen LogP contribution in [-0.2, 0) is 14.3 Å². The summed E-state index contributed by atoms with van der Waals surface area (Å²) in [5.74, 6) is 0.371. The molecule has 2 aliphatic rings. The van der Waals surface area contributed by atoms with Crippen molar-refractivity contribution in [1.29, 1.82) is 0 Å². The number of amides is 2. The molecule has 0 radical (unpaired) electrons. The zero-order chi connectivity index (χ0) is 21.6. The minimum atomic E-state index is -0.595. The highest BCUT2D eigenvalue weighted by molar-refractivity contribution is 6.31. The van der Waals surface area contributed by atoms with Gasteiger partial charge in [0.2, 0.25) is 0 Å². The van der Waals surface area contributed by atoms with Gasteiger partial charge in [-0.05, 0) is 63.6 Å². The van der Waals surface area contributed by atoms with Crippen molar-refractivity contribution >= 4 is 29.3 Å². The first-order valence-electron chi connectivity index (χ1n) is 10.7. The van der Waals surface area contributed by atoms with Crippen molar-refractivity contribution < 1.29 is 23.8 Å². The third kappa shape index (κ3) is 5.38. The lowest BCUT2D eigenvalue weighted by Gasteiger charge is -2.42. The highest BCUT2D eigenvalue weighted by Crippen LogP contribution is 2.40. The van der Waals surface area contributed by atoms with E-state index in [1.165, 1.54) is 0 Å². The van der Waals surface area contributed by atoms with Crippen molar-refractivity contribution in [1.82, 2.24) is 4.90 Å². The predicted octanol–water partition coefficient (Wildman–Crippen LogP) is 4.49. The maximum Gasteiger partial charge on any atom is 0.321 e. The van der Waals surface area contributed by atoms with Gasteiger partial charge in [-0.25, -0.2) is 4.79 Å². The molecule has 7 nitrogen and oxygen atoms in total. The summed E-state index contributed by atoms with van der Waals surface area (Å²) >= 11 is 6.05. The Balaban J connectivity index is 1.65. The molecule has 0 aromatic heterocycles. The number of esters is 1. The van der Waals surface area contributed by atoms with Crippen molar-refractivity contribution in [3.63, 3.8) is 0 Å². The van der Waals surface area contributed by atoms with Crippen LogP contribution in [0.1, 0.15) is 45.4 Å². The molecule has 1 unspecified atom stereocenters. The number of rotatable bonds is 6. The molecule has 2 fully saturated rings. The minimum absolute atomic E-state index is 0.0826. The minimum Gasteiger partial charge on any atom is -0.495 e. The summed E-state index contributed by atoms with van der Waals surface area (Å²) in [7, 11) is 1.54. The number of hydrogen-bond donors (Lipinski definition) is 1. The number of hydrogen-bond acceptors (Lipinski definition) is 5. The summed E-state index contributed by atoms with van der Waals surface area (Å²) in [6.07, 6.45) is 5.03. The highest BCUT2D eigenvalue weighted by Gasteiger charge is 2.45. The van der Waals surface area contributed by atoms with E-state index in [9.17, 15) is 9.59 Å². The normalized spacial score (nSPS) is 21.0. The number of halogens is 1. The standard InChI is InChI=1S/C22H31ClN2O5/c1-3-29-20(26)22(15-17-6-4-5-13-30-17)9-11-25(12-10-22)21(27)24-18-14-16(23)7-8-19(18)28-2/h7-8,14,17H,3-6,9-13,15H2,1-2H3,(H,24,27). The average molecular weight is 439 g/mol. The average Bonchev–Trinajstić information content (AvgIpc) is 2.75. The number of benzene rings is 1. The van der Waals surface area contributed by atoms with Gasteiger partial charge in [0, 0.05) is 24.7 Å². The fourth-order valence-electron chi connectivity index (χ4n) is 4.29.